The van der Waals surface area contributed by atoms with Crippen LogP contribution in [0.15, 0.2) is 61.2 Å². The third-order valence-electron chi connectivity index (χ3n) is 2.88. The van der Waals surface area contributed by atoms with E-state index in [0.717, 1.165) is 18.7 Å². The second kappa shape index (κ2) is 10.1. The highest BCUT2D eigenvalue weighted by Gasteiger charge is 2.17. The molecule has 1 atom stereocenters. The molecule has 0 radical (unpaired) electrons. The van der Waals surface area contributed by atoms with Crippen LogP contribution in [0.25, 0.3) is 0 Å². The van der Waals surface area contributed by atoms with E-state index in [-0.39, 0.29) is 0 Å². The van der Waals surface area contributed by atoms with Crippen LogP contribution in [0, 0.1) is 0 Å². The lowest BCUT2D eigenvalue weighted by atomic mass is 10.3. The molecule has 132 valence electrons. The van der Waals surface area contributed by atoms with E-state index in [1.807, 2.05) is 30.3 Å². The van der Waals surface area contributed by atoms with Gasteiger partial charge in [0.25, 0.3) is 0 Å². The molecule has 25 heavy (non-hydrogen) atoms. The number of anilines is 1. The maximum Gasteiger partial charge on any atom is 0.325 e. The van der Waals surface area contributed by atoms with Crippen molar-refractivity contribution >= 4 is 93.1 Å². The predicted octanol–water partition coefficient (Wildman–Crippen LogP) is 6.17. The average Bonchev–Trinajstić information content (AvgIpc) is 2.58. The second-order valence-corrected chi connectivity index (χ2v) is 9.29. The zero-order valence-electron chi connectivity index (χ0n) is 12.6. The Labute approximate surface area is 183 Å². The van der Waals surface area contributed by atoms with Crippen LogP contribution in [-0.4, -0.2) is 22.1 Å². The summed E-state index contributed by atoms with van der Waals surface area (Å²) in [6.07, 6.45) is 0. The molecule has 0 aliphatic heterocycles. The maximum atomic E-state index is 11.9. The SMILES string of the molecule is O=C(NC(=O)C(Br)CBr)Nc1cc(Br)c(Sc2ccccc2)c(Br)c1. The Morgan fingerprint density at radius 1 is 1.08 bits per heavy atom. The monoisotopic (exact) mass is 612 g/mol. The van der Waals surface area contributed by atoms with Crippen molar-refractivity contribution in [1.29, 1.82) is 0 Å². The van der Waals surface area contributed by atoms with E-state index in [9.17, 15) is 9.59 Å². The van der Waals surface area contributed by atoms with Crippen molar-refractivity contribution in [2.75, 3.05) is 10.6 Å². The van der Waals surface area contributed by atoms with E-state index >= 15 is 0 Å². The Morgan fingerprint density at radius 2 is 1.68 bits per heavy atom. The third kappa shape index (κ3) is 6.39. The van der Waals surface area contributed by atoms with Gasteiger partial charge in [0.15, 0.2) is 0 Å². The molecule has 0 spiro atoms. The van der Waals surface area contributed by atoms with Crippen LogP contribution in [0.3, 0.4) is 0 Å². The number of carbonyl (C=O) groups excluding carboxylic acids is 2. The van der Waals surface area contributed by atoms with Gasteiger partial charge in [-0.15, -0.1) is 0 Å². The normalized spacial score (nSPS) is 11.7. The Bertz CT molecular complexity index is 751. The molecular weight excluding hydrogens is 604 g/mol. The summed E-state index contributed by atoms with van der Waals surface area (Å²) < 4.78 is 1.66. The number of benzene rings is 2. The summed E-state index contributed by atoms with van der Waals surface area (Å²) in [5.74, 6) is -0.413. The molecule has 2 rings (SSSR count). The van der Waals surface area contributed by atoms with E-state index in [2.05, 4.69) is 74.4 Å². The topological polar surface area (TPSA) is 58.2 Å². The second-order valence-electron chi connectivity index (χ2n) is 4.75. The zero-order valence-corrected chi connectivity index (χ0v) is 19.7. The standard InChI is InChI=1S/C16H12Br4N2O2S/c17-8-13(20)15(23)22-16(24)21-9-6-11(18)14(12(19)7-9)25-10-4-2-1-3-5-10/h1-7,13H,8H2,(H2,21,22,23,24). The molecule has 0 aliphatic carbocycles. The summed E-state index contributed by atoms with van der Waals surface area (Å²) in [5.41, 5.74) is 0.562. The first kappa shape index (κ1) is 21.0. The lowest BCUT2D eigenvalue weighted by Crippen LogP contribution is -2.39. The molecule has 0 saturated heterocycles. The molecule has 2 N–H and O–H groups in total. The minimum atomic E-state index is -0.585. The molecule has 9 heteroatoms. The summed E-state index contributed by atoms with van der Waals surface area (Å²) in [6.45, 7) is 0. The number of amides is 3. The number of urea groups is 1. The molecular formula is C16H12Br4N2O2S. The third-order valence-corrected chi connectivity index (χ3v) is 8.06. The van der Waals surface area contributed by atoms with E-state index in [0.29, 0.717) is 11.0 Å². The van der Waals surface area contributed by atoms with Gasteiger partial charge in [0.1, 0.15) is 4.83 Å². The predicted molar refractivity (Wildman–Crippen MR) is 116 cm³/mol. The van der Waals surface area contributed by atoms with Crippen molar-refractivity contribution in [3.8, 4) is 0 Å². The number of hydrogen-bond donors (Lipinski definition) is 2. The maximum absolute atomic E-state index is 11.9. The van der Waals surface area contributed by atoms with Crippen molar-refractivity contribution < 1.29 is 9.59 Å². The summed E-state index contributed by atoms with van der Waals surface area (Å²) in [6, 6.07) is 13.0. The number of halogens is 4. The lowest BCUT2D eigenvalue weighted by molar-refractivity contribution is -0.118. The van der Waals surface area contributed by atoms with E-state index in [4.69, 9.17) is 0 Å². The number of nitrogens with one attached hydrogen (secondary N) is 2. The molecule has 0 aliphatic rings. The molecule has 0 saturated carbocycles. The van der Waals surface area contributed by atoms with Crippen LogP contribution >= 0.6 is 75.5 Å². The average molecular weight is 616 g/mol. The molecule has 0 heterocycles. The van der Waals surface area contributed by atoms with Crippen molar-refractivity contribution in [3.63, 3.8) is 0 Å². The Balaban J connectivity index is 2.09. The van der Waals surface area contributed by atoms with Crippen LogP contribution < -0.4 is 10.6 Å². The molecule has 0 bridgehead atoms. The largest absolute Gasteiger partial charge is 0.325 e. The molecule has 1 unspecified atom stereocenters. The highest BCUT2D eigenvalue weighted by molar-refractivity contribution is 9.12. The van der Waals surface area contributed by atoms with Crippen LogP contribution in [0.4, 0.5) is 10.5 Å². The first-order chi connectivity index (χ1) is 11.9. The Morgan fingerprint density at radius 3 is 2.24 bits per heavy atom. The van der Waals surface area contributed by atoms with Gasteiger partial charge in [0.05, 0.1) is 0 Å². The van der Waals surface area contributed by atoms with Crippen molar-refractivity contribution in [2.45, 2.75) is 14.6 Å². The van der Waals surface area contributed by atoms with E-state index < -0.39 is 16.8 Å². The van der Waals surface area contributed by atoms with Gasteiger partial charge < -0.3 is 5.32 Å². The highest BCUT2D eigenvalue weighted by Crippen LogP contribution is 2.40. The van der Waals surface area contributed by atoms with Crippen molar-refractivity contribution in [2.24, 2.45) is 0 Å². The number of rotatable bonds is 5. The number of alkyl halides is 2. The summed E-state index contributed by atoms with van der Waals surface area (Å²) >= 11 is 15.0. The zero-order chi connectivity index (χ0) is 18.4. The van der Waals surface area contributed by atoms with Crippen LogP contribution in [0.1, 0.15) is 0 Å². The fourth-order valence-electron chi connectivity index (χ4n) is 1.76. The Hall–Kier alpha value is -0.350. The number of imide groups is 1. The quantitative estimate of drug-likeness (QED) is 0.396. The van der Waals surface area contributed by atoms with Gasteiger partial charge in [-0.3, -0.25) is 10.1 Å². The number of hydrogen-bond acceptors (Lipinski definition) is 3. The summed E-state index contributed by atoms with van der Waals surface area (Å²) in [5, 5.41) is 5.33. The molecule has 0 aromatic heterocycles. The highest BCUT2D eigenvalue weighted by atomic mass is 79.9. The van der Waals surface area contributed by atoms with E-state index in [1.165, 1.54) is 0 Å². The molecule has 2 aromatic rings. The van der Waals surface area contributed by atoms with E-state index in [1.54, 1.807) is 23.9 Å². The summed E-state index contributed by atoms with van der Waals surface area (Å²) in [4.78, 5) is 25.2. The summed E-state index contributed by atoms with van der Waals surface area (Å²) in [7, 11) is 0. The van der Waals surface area contributed by atoms with Gasteiger partial charge in [-0.2, -0.15) is 0 Å². The van der Waals surface area contributed by atoms with Crippen molar-refractivity contribution in [1.82, 2.24) is 5.32 Å². The molecule has 4 nitrogen and oxygen atoms in total. The van der Waals surface area contributed by atoms with Gasteiger partial charge >= 0.3 is 6.03 Å². The minimum absolute atomic E-state index is 0.411. The van der Waals surface area contributed by atoms with Crippen molar-refractivity contribution in [3.05, 3.63) is 51.4 Å². The molecule has 2 aromatic carbocycles. The molecule has 3 amide bonds. The van der Waals surface area contributed by atoms with Gasteiger partial charge in [-0.1, -0.05) is 61.8 Å². The first-order valence-corrected chi connectivity index (χ1v) is 11.4. The fraction of sp³-hybridized carbons (Fsp3) is 0.125. The fourth-order valence-corrected chi connectivity index (χ4v) is 4.68. The van der Waals surface area contributed by atoms with Crippen LogP contribution in [0.5, 0.6) is 0 Å². The van der Waals surface area contributed by atoms with Crippen LogP contribution in [0.2, 0.25) is 0 Å². The van der Waals surface area contributed by atoms with Gasteiger partial charge in [-0.25, -0.2) is 4.79 Å². The first-order valence-electron chi connectivity index (χ1n) is 6.94. The van der Waals surface area contributed by atoms with Crippen LogP contribution in [-0.2, 0) is 4.79 Å². The Kier molecular flexibility index (Phi) is 8.47. The van der Waals surface area contributed by atoms with Gasteiger partial charge in [-0.05, 0) is 56.1 Å². The number of carbonyl (C=O) groups is 2. The van der Waals surface area contributed by atoms with Gasteiger partial charge in [0, 0.05) is 29.8 Å². The van der Waals surface area contributed by atoms with Gasteiger partial charge in [0.2, 0.25) is 5.91 Å². The smallest absolute Gasteiger partial charge is 0.308 e. The molecule has 0 fully saturated rings. The minimum Gasteiger partial charge on any atom is -0.308 e. The lowest BCUT2D eigenvalue weighted by Gasteiger charge is -2.12.